The molecule has 1 N–H and O–H groups in total. The number of carbonyl (C=O) groups excluding carboxylic acids is 2. The molecule has 1 heterocycles. The maximum Gasteiger partial charge on any atom is 0.220 e. The highest BCUT2D eigenvalue weighted by atomic mass is 79.9. The van der Waals surface area contributed by atoms with Crippen LogP contribution in [0.15, 0.2) is 0 Å². The Morgan fingerprint density at radius 2 is 2.50 bits per heavy atom. The lowest BCUT2D eigenvalue weighted by molar-refractivity contribution is -0.123. The fraction of sp³-hybridized carbons (Fsp3) is 0.667. The van der Waals surface area contributed by atoms with Crippen LogP contribution in [0.2, 0.25) is 0 Å². The highest BCUT2D eigenvalue weighted by Gasteiger charge is 2.25. The van der Waals surface area contributed by atoms with Gasteiger partial charge in [0.15, 0.2) is 5.78 Å². The monoisotopic (exact) mass is 205 g/mol. The van der Waals surface area contributed by atoms with Gasteiger partial charge in [0.25, 0.3) is 0 Å². The van der Waals surface area contributed by atoms with Gasteiger partial charge < -0.3 is 5.32 Å². The van der Waals surface area contributed by atoms with E-state index in [0.29, 0.717) is 18.2 Å². The molecule has 0 aliphatic carbocycles. The largest absolute Gasteiger partial charge is 0.346 e. The molecular formula is C6H8BrNO2. The molecule has 0 aromatic carbocycles. The van der Waals surface area contributed by atoms with E-state index in [1.807, 2.05) is 0 Å². The van der Waals surface area contributed by atoms with Gasteiger partial charge in [0.2, 0.25) is 5.91 Å². The van der Waals surface area contributed by atoms with Gasteiger partial charge in [0.1, 0.15) is 0 Å². The Morgan fingerprint density at radius 3 is 2.90 bits per heavy atom. The first kappa shape index (κ1) is 7.72. The maximum absolute atomic E-state index is 10.9. The molecule has 1 amide bonds. The average Bonchev–Trinajstić information content (AvgIpc) is 2.34. The number of amides is 1. The van der Waals surface area contributed by atoms with E-state index in [1.165, 1.54) is 0 Å². The van der Waals surface area contributed by atoms with Crippen LogP contribution in [0.25, 0.3) is 0 Å². The number of nitrogens with one attached hydrogen (secondary N) is 1. The van der Waals surface area contributed by atoms with Crippen LogP contribution in [0.4, 0.5) is 0 Å². The Kier molecular flexibility index (Phi) is 2.43. The molecule has 0 unspecified atom stereocenters. The van der Waals surface area contributed by atoms with Crippen molar-refractivity contribution in [3.63, 3.8) is 0 Å². The molecule has 10 heavy (non-hydrogen) atoms. The molecule has 1 fully saturated rings. The lowest BCUT2D eigenvalue weighted by atomic mass is 10.2. The van der Waals surface area contributed by atoms with Gasteiger partial charge in [-0.3, -0.25) is 9.59 Å². The molecular weight excluding hydrogens is 198 g/mol. The summed E-state index contributed by atoms with van der Waals surface area (Å²) >= 11 is 3.04. The third-order valence-corrected chi connectivity index (χ3v) is 2.07. The van der Waals surface area contributed by atoms with Crippen LogP contribution in [0.1, 0.15) is 12.8 Å². The molecule has 1 aliphatic heterocycles. The Balaban J connectivity index is 2.44. The molecule has 0 spiro atoms. The van der Waals surface area contributed by atoms with E-state index in [4.69, 9.17) is 0 Å². The quantitative estimate of drug-likeness (QED) is 0.657. The lowest BCUT2D eigenvalue weighted by Crippen LogP contribution is -2.33. The van der Waals surface area contributed by atoms with Crippen LogP contribution in [0, 0.1) is 0 Å². The zero-order chi connectivity index (χ0) is 7.56. The van der Waals surface area contributed by atoms with E-state index in [2.05, 4.69) is 21.2 Å². The summed E-state index contributed by atoms with van der Waals surface area (Å²) in [5.74, 6) is 0.0464. The number of hydrogen-bond acceptors (Lipinski definition) is 2. The summed E-state index contributed by atoms with van der Waals surface area (Å²) in [6, 6.07) is -0.230. The van der Waals surface area contributed by atoms with E-state index in [9.17, 15) is 9.59 Å². The molecule has 0 radical (unpaired) electrons. The van der Waals surface area contributed by atoms with E-state index in [1.54, 1.807) is 0 Å². The molecule has 1 aliphatic rings. The van der Waals surface area contributed by atoms with Crippen LogP contribution < -0.4 is 5.32 Å². The number of ketones is 1. The third kappa shape index (κ3) is 1.56. The van der Waals surface area contributed by atoms with Crippen LogP contribution in [-0.4, -0.2) is 23.1 Å². The van der Waals surface area contributed by atoms with Crippen LogP contribution in [0.3, 0.4) is 0 Å². The molecule has 3 nitrogen and oxygen atoms in total. The van der Waals surface area contributed by atoms with E-state index < -0.39 is 0 Å². The number of carbonyl (C=O) groups is 2. The fourth-order valence-electron chi connectivity index (χ4n) is 0.949. The number of alkyl halides is 1. The van der Waals surface area contributed by atoms with Crippen molar-refractivity contribution in [1.82, 2.24) is 5.32 Å². The molecule has 1 rings (SSSR count). The number of hydrogen-bond donors (Lipinski definition) is 1. The fourth-order valence-corrected chi connectivity index (χ4v) is 1.34. The molecule has 1 atom stereocenters. The van der Waals surface area contributed by atoms with Crippen LogP contribution in [0.5, 0.6) is 0 Å². The normalized spacial score (nSPS) is 24.5. The molecule has 0 aromatic heterocycles. The van der Waals surface area contributed by atoms with Crippen molar-refractivity contribution in [2.75, 3.05) is 5.33 Å². The minimum absolute atomic E-state index is 0.0145. The topological polar surface area (TPSA) is 46.2 Å². The molecule has 0 saturated carbocycles. The van der Waals surface area contributed by atoms with Gasteiger partial charge in [0, 0.05) is 6.42 Å². The van der Waals surface area contributed by atoms with Gasteiger partial charge in [-0.05, 0) is 6.42 Å². The van der Waals surface area contributed by atoms with Gasteiger partial charge in [-0.1, -0.05) is 15.9 Å². The number of rotatable bonds is 2. The summed E-state index contributed by atoms with van der Waals surface area (Å²) in [6.07, 6.45) is 1.15. The van der Waals surface area contributed by atoms with Crippen molar-refractivity contribution in [3.05, 3.63) is 0 Å². The van der Waals surface area contributed by atoms with Gasteiger partial charge in [-0.2, -0.15) is 0 Å². The smallest absolute Gasteiger partial charge is 0.220 e. The van der Waals surface area contributed by atoms with Crippen molar-refractivity contribution < 1.29 is 9.59 Å². The highest BCUT2D eigenvalue weighted by molar-refractivity contribution is 9.09. The molecule has 0 bridgehead atoms. The summed E-state index contributed by atoms with van der Waals surface area (Å²) in [7, 11) is 0. The second-order valence-corrected chi connectivity index (χ2v) is 2.82. The second kappa shape index (κ2) is 3.14. The van der Waals surface area contributed by atoms with Crippen molar-refractivity contribution >= 4 is 27.6 Å². The Labute approximate surface area is 67.3 Å². The minimum atomic E-state index is -0.230. The van der Waals surface area contributed by atoms with Crippen molar-refractivity contribution in [2.24, 2.45) is 0 Å². The Hall–Kier alpha value is -0.380. The first-order chi connectivity index (χ1) is 4.74. The van der Waals surface area contributed by atoms with Gasteiger partial charge >= 0.3 is 0 Å². The predicted molar refractivity (Wildman–Crippen MR) is 40.0 cm³/mol. The molecule has 56 valence electrons. The molecule has 4 heteroatoms. The SMILES string of the molecule is O=C1CC[C@@H](C(=O)CBr)N1. The summed E-state index contributed by atoms with van der Waals surface area (Å²) in [5, 5.41) is 2.92. The third-order valence-electron chi connectivity index (χ3n) is 1.52. The molecule has 1 saturated heterocycles. The van der Waals surface area contributed by atoms with Crippen LogP contribution >= 0.6 is 15.9 Å². The minimum Gasteiger partial charge on any atom is -0.346 e. The Morgan fingerprint density at radius 1 is 1.80 bits per heavy atom. The standard InChI is InChI=1S/C6H8BrNO2/c7-3-5(9)4-1-2-6(10)8-4/h4H,1-3H2,(H,8,10)/t4-/m0/s1. The first-order valence-corrected chi connectivity index (χ1v) is 4.24. The molecule has 0 aromatic rings. The lowest BCUT2D eigenvalue weighted by Gasteiger charge is -2.03. The Bertz CT molecular complexity index is 169. The van der Waals surface area contributed by atoms with Crippen molar-refractivity contribution in [3.8, 4) is 0 Å². The van der Waals surface area contributed by atoms with Crippen LogP contribution in [-0.2, 0) is 9.59 Å². The van der Waals surface area contributed by atoms with Crippen molar-refractivity contribution in [1.29, 1.82) is 0 Å². The summed E-state index contributed by atoms with van der Waals surface area (Å²) in [4.78, 5) is 21.5. The van der Waals surface area contributed by atoms with Gasteiger partial charge in [-0.25, -0.2) is 0 Å². The van der Waals surface area contributed by atoms with Crippen molar-refractivity contribution in [2.45, 2.75) is 18.9 Å². The van der Waals surface area contributed by atoms with E-state index in [-0.39, 0.29) is 17.7 Å². The zero-order valence-electron chi connectivity index (χ0n) is 5.39. The number of Topliss-reactive ketones (excluding diaryl/α,β-unsaturated/α-hetero) is 1. The average molecular weight is 206 g/mol. The summed E-state index contributed by atoms with van der Waals surface area (Å²) in [6.45, 7) is 0. The highest BCUT2D eigenvalue weighted by Crippen LogP contribution is 2.07. The van der Waals surface area contributed by atoms with E-state index in [0.717, 1.165) is 0 Å². The predicted octanol–water partition coefficient (Wildman–Crippen LogP) is 0.229. The maximum atomic E-state index is 10.9. The zero-order valence-corrected chi connectivity index (χ0v) is 6.98. The summed E-state index contributed by atoms with van der Waals surface area (Å²) in [5.41, 5.74) is 0. The second-order valence-electron chi connectivity index (χ2n) is 2.26. The van der Waals surface area contributed by atoms with Gasteiger partial charge in [-0.15, -0.1) is 0 Å². The number of halogens is 1. The summed E-state index contributed by atoms with van der Waals surface area (Å²) < 4.78 is 0. The van der Waals surface area contributed by atoms with Gasteiger partial charge in [0.05, 0.1) is 11.4 Å². The van der Waals surface area contributed by atoms with E-state index >= 15 is 0 Å². The first-order valence-electron chi connectivity index (χ1n) is 3.12.